The number of hydrogen-bond donors (Lipinski definition) is 0. The lowest BCUT2D eigenvalue weighted by molar-refractivity contribution is -0.131. The Kier molecular flexibility index (Phi) is 4.33. The molecule has 2 aliphatic rings. The van der Waals surface area contributed by atoms with Crippen molar-refractivity contribution in [3.63, 3.8) is 0 Å². The number of benzene rings is 2. The lowest BCUT2D eigenvalue weighted by Gasteiger charge is -2.33. The predicted molar refractivity (Wildman–Crippen MR) is 111 cm³/mol. The maximum atomic E-state index is 11.7. The molecule has 144 valence electrons. The van der Waals surface area contributed by atoms with Crippen molar-refractivity contribution in [3.8, 4) is 10.9 Å². The van der Waals surface area contributed by atoms with Gasteiger partial charge < -0.3 is 9.64 Å². The summed E-state index contributed by atoms with van der Waals surface area (Å²) in [5.74, 6) is 1.02. The monoisotopic (exact) mass is 393 g/mol. The molecule has 0 aliphatic carbocycles. The Bertz CT molecular complexity index is 1030. The van der Waals surface area contributed by atoms with Crippen molar-refractivity contribution >= 4 is 27.5 Å². The van der Waals surface area contributed by atoms with Gasteiger partial charge in [-0.1, -0.05) is 29.5 Å². The number of carbonyl (C=O) groups is 1. The van der Waals surface area contributed by atoms with Gasteiger partial charge in [-0.05, 0) is 48.7 Å². The highest BCUT2D eigenvalue weighted by Crippen LogP contribution is 2.33. The first-order valence-corrected chi connectivity index (χ1v) is 10.5. The number of thiazole rings is 1. The molecule has 2 fully saturated rings. The first-order chi connectivity index (χ1) is 13.5. The van der Waals surface area contributed by atoms with Crippen LogP contribution >= 0.6 is 11.3 Å². The number of hydrogen-bond acceptors (Lipinski definition) is 5. The average molecular weight is 394 g/mol. The standard InChI is InChI=1S/C22H23N3O2S/c1-14-3-8-20-21(9-14)28-22(23-20)27-19-6-4-16(5-7-19)11-24-12-18-10-17(24)13-25(18)15(2)26/h3-9,17-18H,10-13H2,1-2H3/t17-,18-/m0/s1. The number of rotatable bonds is 4. The first kappa shape index (κ1) is 17.6. The molecule has 0 spiro atoms. The summed E-state index contributed by atoms with van der Waals surface area (Å²) in [5.41, 5.74) is 3.48. The summed E-state index contributed by atoms with van der Waals surface area (Å²) < 4.78 is 7.12. The van der Waals surface area contributed by atoms with Crippen LogP contribution in [0.1, 0.15) is 24.5 Å². The van der Waals surface area contributed by atoms with Crippen LogP contribution in [0.3, 0.4) is 0 Å². The number of amides is 1. The molecule has 2 aliphatic heterocycles. The van der Waals surface area contributed by atoms with Gasteiger partial charge in [0.05, 0.1) is 10.2 Å². The molecule has 2 saturated heterocycles. The van der Waals surface area contributed by atoms with E-state index in [9.17, 15) is 4.79 Å². The second-order valence-electron chi connectivity index (χ2n) is 7.84. The number of ether oxygens (including phenoxy) is 1. The zero-order chi connectivity index (χ0) is 19.3. The van der Waals surface area contributed by atoms with Gasteiger partial charge in [0.2, 0.25) is 5.91 Å². The molecule has 5 nitrogen and oxygen atoms in total. The van der Waals surface area contributed by atoms with Gasteiger partial charge in [-0.3, -0.25) is 9.69 Å². The van der Waals surface area contributed by atoms with Gasteiger partial charge >= 0.3 is 0 Å². The van der Waals surface area contributed by atoms with Crippen LogP contribution in [0.15, 0.2) is 42.5 Å². The Morgan fingerprint density at radius 2 is 2.00 bits per heavy atom. The molecular formula is C22H23N3O2S. The average Bonchev–Trinajstić information content (AvgIpc) is 3.36. The highest BCUT2D eigenvalue weighted by molar-refractivity contribution is 7.20. The van der Waals surface area contributed by atoms with Gasteiger partial charge in [0.1, 0.15) is 5.75 Å². The molecule has 0 N–H and O–H groups in total. The first-order valence-electron chi connectivity index (χ1n) is 9.70. The summed E-state index contributed by atoms with van der Waals surface area (Å²) in [7, 11) is 0. The number of piperazine rings is 1. The fraction of sp³-hybridized carbons (Fsp3) is 0.364. The summed E-state index contributed by atoms with van der Waals surface area (Å²) in [6.45, 7) is 6.54. The Labute approximate surface area is 168 Å². The van der Waals surface area contributed by atoms with Crippen LogP contribution in [0.5, 0.6) is 10.9 Å². The largest absolute Gasteiger partial charge is 0.431 e. The molecule has 2 bridgehead atoms. The number of fused-ring (bicyclic) bond motifs is 3. The lowest BCUT2D eigenvalue weighted by Crippen LogP contribution is -2.47. The fourth-order valence-corrected chi connectivity index (χ4v) is 5.31. The smallest absolute Gasteiger partial charge is 0.279 e. The zero-order valence-electron chi connectivity index (χ0n) is 16.1. The number of aryl methyl sites for hydroxylation is 1. The summed E-state index contributed by atoms with van der Waals surface area (Å²) in [5, 5.41) is 0.675. The molecule has 3 aromatic rings. The highest BCUT2D eigenvalue weighted by Gasteiger charge is 2.43. The SMILES string of the molecule is CC(=O)N1C[C@@H]2C[C@H]1CN2Cc1ccc(Oc2nc3ccc(C)cc3s2)cc1. The Morgan fingerprint density at radius 1 is 1.18 bits per heavy atom. The van der Waals surface area contributed by atoms with Crippen molar-refractivity contribution in [1.29, 1.82) is 0 Å². The molecule has 0 radical (unpaired) electrons. The van der Waals surface area contributed by atoms with Crippen LogP contribution in [0.25, 0.3) is 10.2 Å². The number of nitrogens with zero attached hydrogens (tertiary/aromatic N) is 3. The maximum Gasteiger partial charge on any atom is 0.279 e. The molecule has 3 heterocycles. The third-order valence-electron chi connectivity index (χ3n) is 5.80. The van der Waals surface area contributed by atoms with Crippen molar-refractivity contribution in [2.24, 2.45) is 0 Å². The van der Waals surface area contributed by atoms with Crippen LogP contribution in [0, 0.1) is 6.92 Å². The van der Waals surface area contributed by atoms with Crippen LogP contribution < -0.4 is 4.74 Å². The van der Waals surface area contributed by atoms with E-state index >= 15 is 0 Å². The second-order valence-corrected chi connectivity index (χ2v) is 8.83. The van der Waals surface area contributed by atoms with Gasteiger partial charge in [-0.25, -0.2) is 4.98 Å². The number of carbonyl (C=O) groups excluding carboxylic acids is 1. The van der Waals surface area contributed by atoms with Crippen molar-refractivity contribution < 1.29 is 9.53 Å². The molecule has 2 aromatic carbocycles. The van der Waals surface area contributed by atoms with E-state index in [1.54, 1.807) is 18.3 Å². The summed E-state index contributed by atoms with van der Waals surface area (Å²) in [6, 6.07) is 15.4. The zero-order valence-corrected chi connectivity index (χ0v) is 16.9. The highest BCUT2D eigenvalue weighted by atomic mass is 32.1. The fourth-order valence-electron chi connectivity index (χ4n) is 4.38. The topological polar surface area (TPSA) is 45.7 Å². The molecule has 0 saturated carbocycles. The van der Waals surface area contributed by atoms with Crippen LogP contribution in [-0.4, -0.2) is 45.9 Å². The van der Waals surface area contributed by atoms with Crippen LogP contribution in [0.4, 0.5) is 0 Å². The molecule has 5 rings (SSSR count). The summed E-state index contributed by atoms with van der Waals surface area (Å²) >= 11 is 1.57. The van der Waals surface area contributed by atoms with E-state index in [1.165, 1.54) is 11.1 Å². The van der Waals surface area contributed by atoms with Crippen LogP contribution in [-0.2, 0) is 11.3 Å². The lowest BCUT2D eigenvalue weighted by atomic mass is 10.2. The van der Waals surface area contributed by atoms with E-state index in [4.69, 9.17) is 4.74 Å². The van der Waals surface area contributed by atoms with Gasteiger partial charge in [0.15, 0.2) is 0 Å². The maximum absolute atomic E-state index is 11.7. The van der Waals surface area contributed by atoms with Gasteiger partial charge in [-0.2, -0.15) is 0 Å². The van der Waals surface area contributed by atoms with Crippen molar-refractivity contribution in [3.05, 3.63) is 53.6 Å². The number of aromatic nitrogens is 1. The Morgan fingerprint density at radius 3 is 2.71 bits per heavy atom. The Balaban J connectivity index is 1.23. The molecule has 28 heavy (non-hydrogen) atoms. The van der Waals surface area contributed by atoms with E-state index in [2.05, 4.69) is 41.1 Å². The van der Waals surface area contributed by atoms with E-state index in [-0.39, 0.29) is 5.91 Å². The normalized spacial score (nSPS) is 21.6. The Hall–Kier alpha value is -2.44. The van der Waals surface area contributed by atoms with E-state index in [0.29, 0.717) is 17.3 Å². The van der Waals surface area contributed by atoms with Crippen molar-refractivity contribution in [2.75, 3.05) is 13.1 Å². The van der Waals surface area contributed by atoms with E-state index < -0.39 is 0 Å². The minimum atomic E-state index is 0.207. The summed E-state index contributed by atoms with van der Waals surface area (Å²) in [4.78, 5) is 20.7. The van der Waals surface area contributed by atoms with Gasteiger partial charge in [0, 0.05) is 38.6 Å². The third-order valence-corrected chi connectivity index (χ3v) is 6.69. The quantitative estimate of drug-likeness (QED) is 0.666. The van der Waals surface area contributed by atoms with Crippen molar-refractivity contribution in [1.82, 2.24) is 14.8 Å². The second kappa shape index (κ2) is 6.87. The van der Waals surface area contributed by atoms with Gasteiger partial charge in [-0.15, -0.1) is 0 Å². The number of likely N-dealkylation sites (tertiary alicyclic amines) is 2. The van der Waals surface area contributed by atoms with E-state index in [1.807, 2.05) is 23.1 Å². The molecule has 1 aromatic heterocycles. The molecule has 1 amide bonds. The summed E-state index contributed by atoms with van der Waals surface area (Å²) in [6.07, 6.45) is 1.11. The molecule has 0 unspecified atom stereocenters. The minimum Gasteiger partial charge on any atom is -0.431 e. The minimum absolute atomic E-state index is 0.207. The van der Waals surface area contributed by atoms with E-state index in [0.717, 1.165) is 42.0 Å². The van der Waals surface area contributed by atoms with Gasteiger partial charge in [0.25, 0.3) is 5.19 Å². The van der Waals surface area contributed by atoms with Crippen molar-refractivity contribution in [2.45, 2.75) is 38.9 Å². The molecule has 6 heteroatoms. The molecular weight excluding hydrogens is 370 g/mol. The van der Waals surface area contributed by atoms with Crippen LogP contribution in [0.2, 0.25) is 0 Å². The molecule has 2 atom stereocenters. The third kappa shape index (κ3) is 3.27. The predicted octanol–water partition coefficient (Wildman–Crippen LogP) is 4.20.